The lowest BCUT2D eigenvalue weighted by molar-refractivity contribution is -0.149. The lowest BCUT2D eigenvalue weighted by Gasteiger charge is -2.22. The van der Waals surface area contributed by atoms with Crippen LogP contribution in [0.15, 0.2) is 36.1 Å². The topological polar surface area (TPSA) is 40.5 Å². The molecule has 0 bridgehead atoms. The summed E-state index contributed by atoms with van der Waals surface area (Å²) in [6, 6.07) is 0. The van der Waals surface area contributed by atoms with Crippen LogP contribution in [0.25, 0.3) is 0 Å². The maximum Gasteiger partial charge on any atom is 0.398 e. The van der Waals surface area contributed by atoms with Gasteiger partial charge in [0.1, 0.15) is 0 Å². The van der Waals surface area contributed by atoms with Crippen LogP contribution in [0.1, 0.15) is 19.3 Å². The summed E-state index contributed by atoms with van der Waals surface area (Å²) in [5, 5.41) is 8.68. The predicted molar refractivity (Wildman–Crippen MR) is 72.5 cm³/mol. The molecule has 0 radical (unpaired) electrons. The fourth-order valence-electron chi connectivity index (χ4n) is 2.68. The van der Waals surface area contributed by atoms with Crippen molar-refractivity contribution in [2.24, 2.45) is 11.8 Å². The monoisotopic (exact) mass is 301 g/mol. The number of aliphatic carboxylic acids is 1. The smallest absolute Gasteiger partial charge is 0.398 e. The molecule has 1 saturated heterocycles. The van der Waals surface area contributed by atoms with E-state index in [9.17, 15) is 18.0 Å². The summed E-state index contributed by atoms with van der Waals surface area (Å²) in [6.45, 7) is 1.29. The van der Waals surface area contributed by atoms with Crippen molar-refractivity contribution < 1.29 is 23.1 Å². The van der Waals surface area contributed by atoms with Gasteiger partial charge in [0, 0.05) is 25.2 Å². The molecule has 2 aliphatic rings. The highest BCUT2D eigenvalue weighted by molar-refractivity contribution is 5.66. The van der Waals surface area contributed by atoms with Crippen LogP contribution < -0.4 is 0 Å². The third-order valence-corrected chi connectivity index (χ3v) is 3.84. The fraction of sp³-hybridized carbons (Fsp3) is 0.533. The number of alkyl halides is 3. The minimum absolute atomic E-state index is 0.111. The van der Waals surface area contributed by atoms with Crippen LogP contribution in [-0.2, 0) is 4.79 Å². The number of carboxylic acid groups (broad SMARTS) is 1. The summed E-state index contributed by atoms with van der Waals surface area (Å²) in [6.07, 6.45) is 4.31. The molecule has 116 valence electrons. The summed E-state index contributed by atoms with van der Waals surface area (Å²) in [5.74, 6) is -2.17. The van der Waals surface area contributed by atoms with Crippen LogP contribution in [0.3, 0.4) is 0 Å². The molecule has 1 aliphatic heterocycles. The van der Waals surface area contributed by atoms with Gasteiger partial charge in [-0.25, -0.2) is 0 Å². The van der Waals surface area contributed by atoms with Gasteiger partial charge in [-0.15, -0.1) is 0 Å². The average molecular weight is 301 g/mol. The van der Waals surface area contributed by atoms with Gasteiger partial charge in [-0.1, -0.05) is 18.2 Å². The van der Waals surface area contributed by atoms with Crippen molar-refractivity contribution in [1.82, 2.24) is 4.90 Å². The number of hydrogen-bond donors (Lipinski definition) is 1. The first-order chi connectivity index (χ1) is 9.86. The summed E-state index contributed by atoms with van der Waals surface area (Å²) < 4.78 is 38.6. The second-order valence-corrected chi connectivity index (χ2v) is 5.44. The van der Waals surface area contributed by atoms with E-state index in [2.05, 4.69) is 0 Å². The minimum Gasteiger partial charge on any atom is -0.481 e. The summed E-state index contributed by atoms with van der Waals surface area (Å²) >= 11 is 0. The number of hydrogen-bond acceptors (Lipinski definition) is 2. The van der Waals surface area contributed by atoms with Crippen molar-refractivity contribution >= 4 is 5.97 Å². The molecule has 1 fully saturated rings. The number of likely N-dealkylation sites (tertiary alicyclic amines) is 1. The van der Waals surface area contributed by atoms with Crippen LogP contribution >= 0.6 is 0 Å². The van der Waals surface area contributed by atoms with E-state index in [-0.39, 0.29) is 12.3 Å². The van der Waals surface area contributed by atoms with Crippen LogP contribution in [0.2, 0.25) is 0 Å². The van der Waals surface area contributed by atoms with Gasteiger partial charge in [0.05, 0.1) is 5.92 Å². The highest BCUT2D eigenvalue weighted by Gasteiger charge is 2.37. The molecule has 0 aromatic rings. The number of carboxylic acids is 1. The molecule has 0 aromatic heterocycles. The Bertz CT molecular complexity index is 480. The Morgan fingerprint density at radius 1 is 1.38 bits per heavy atom. The zero-order chi connectivity index (χ0) is 15.5. The van der Waals surface area contributed by atoms with Gasteiger partial charge in [0.25, 0.3) is 0 Å². The first kappa shape index (κ1) is 15.7. The molecule has 2 rings (SSSR count). The maximum absolute atomic E-state index is 12.9. The van der Waals surface area contributed by atoms with Gasteiger partial charge < -0.3 is 10.0 Å². The summed E-state index contributed by atoms with van der Waals surface area (Å²) in [4.78, 5) is 12.5. The molecule has 0 aromatic carbocycles. The van der Waals surface area contributed by atoms with E-state index in [1.165, 1.54) is 12.2 Å². The van der Waals surface area contributed by atoms with E-state index < -0.39 is 18.1 Å². The number of carbonyl (C=O) groups is 1. The zero-order valence-electron chi connectivity index (χ0n) is 11.5. The normalized spacial score (nSPS) is 25.9. The Morgan fingerprint density at radius 2 is 2.14 bits per heavy atom. The Kier molecular flexibility index (Phi) is 4.75. The number of nitrogens with zero attached hydrogens (tertiary/aromatic N) is 1. The third-order valence-electron chi connectivity index (χ3n) is 3.84. The standard InChI is InChI=1S/C15H18F3NO2/c16-15(17,18)12-3-1-2-4-13(9-12)19-8-7-11(10-19)5-6-14(20)21/h1-4,9,11-12H,5-8,10H2,(H,20,21). The van der Waals surface area contributed by atoms with Gasteiger partial charge in [0.15, 0.2) is 0 Å². The van der Waals surface area contributed by atoms with Gasteiger partial charge in [0.2, 0.25) is 0 Å². The van der Waals surface area contributed by atoms with Crippen LogP contribution in [-0.4, -0.2) is 35.2 Å². The molecule has 1 aliphatic carbocycles. The largest absolute Gasteiger partial charge is 0.481 e. The van der Waals surface area contributed by atoms with Gasteiger partial charge in [-0.2, -0.15) is 13.2 Å². The molecule has 2 unspecified atom stereocenters. The molecular weight excluding hydrogens is 283 g/mol. The van der Waals surface area contributed by atoms with E-state index in [1.54, 1.807) is 12.2 Å². The highest BCUT2D eigenvalue weighted by atomic mass is 19.4. The lowest BCUT2D eigenvalue weighted by Crippen LogP contribution is -2.23. The lowest BCUT2D eigenvalue weighted by atomic mass is 10.0. The van der Waals surface area contributed by atoms with E-state index in [0.29, 0.717) is 25.2 Å². The molecule has 21 heavy (non-hydrogen) atoms. The van der Waals surface area contributed by atoms with E-state index >= 15 is 0 Å². The highest BCUT2D eigenvalue weighted by Crippen LogP contribution is 2.33. The fourth-order valence-corrected chi connectivity index (χ4v) is 2.68. The SMILES string of the molecule is O=C(O)CCC1CCN(C2=CC(C(F)(F)F)C=CC=C2)C1. The van der Waals surface area contributed by atoms with Crippen molar-refractivity contribution in [3.8, 4) is 0 Å². The first-order valence-corrected chi connectivity index (χ1v) is 6.96. The van der Waals surface area contributed by atoms with Gasteiger partial charge in [-0.05, 0) is 30.9 Å². The quantitative estimate of drug-likeness (QED) is 0.865. The Balaban J connectivity index is 2.01. The second-order valence-electron chi connectivity index (χ2n) is 5.44. The van der Waals surface area contributed by atoms with E-state index in [1.807, 2.05) is 4.90 Å². The van der Waals surface area contributed by atoms with Crippen LogP contribution in [0, 0.1) is 11.8 Å². The van der Waals surface area contributed by atoms with E-state index in [4.69, 9.17) is 5.11 Å². The molecule has 0 saturated carbocycles. The first-order valence-electron chi connectivity index (χ1n) is 6.96. The predicted octanol–water partition coefficient (Wildman–Crippen LogP) is 3.36. The molecular formula is C15H18F3NO2. The number of halogens is 3. The van der Waals surface area contributed by atoms with Crippen molar-refractivity contribution in [2.45, 2.75) is 25.4 Å². The van der Waals surface area contributed by atoms with Crippen LogP contribution in [0.4, 0.5) is 13.2 Å². The molecule has 2 atom stereocenters. The van der Waals surface area contributed by atoms with Crippen LogP contribution in [0.5, 0.6) is 0 Å². The van der Waals surface area contributed by atoms with Crippen molar-refractivity contribution in [3.63, 3.8) is 0 Å². The Hall–Kier alpha value is -1.72. The molecule has 6 heteroatoms. The Labute approximate surface area is 121 Å². The van der Waals surface area contributed by atoms with E-state index in [0.717, 1.165) is 12.5 Å². The molecule has 0 amide bonds. The molecule has 0 spiro atoms. The van der Waals surface area contributed by atoms with Gasteiger partial charge in [-0.3, -0.25) is 4.79 Å². The summed E-state index contributed by atoms with van der Waals surface area (Å²) in [7, 11) is 0. The summed E-state index contributed by atoms with van der Waals surface area (Å²) in [5.41, 5.74) is 0.570. The second kappa shape index (κ2) is 6.37. The van der Waals surface area contributed by atoms with Crippen molar-refractivity contribution in [3.05, 3.63) is 36.1 Å². The van der Waals surface area contributed by atoms with Crippen molar-refractivity contribution in [2.75, 3.05) is 13.1 Å². The number of rotatable bonds is 4. The average Bonchev–Trinajstić information content (AvgIpc) is 2.70. The molecule has 3 nitrogen and oxygen atoms in total. The van der Waals surface area contributed by atoms with Gasteiger partial charge >= 0.3 is 12.1 Å². The van der Waals surface area contributed by atoms with Crippen molar-refractivity contribution in [1.29, 1.82) is 0 Å². The zero-order valence-corrected chi connectivity index (χ0v) is 11.5. The number of allylic oxidation sites excluding steroid dienone is 5. The molecule has 1 heterocycles. The molecule has 1 N–H and O–H groups in total. The third kappa shape index (κ3) is 4.37. The Morgan fingerprint density at radius 3 is 2.81 bits per heavy atom. The maximum atomic E-state index is 12.9. The minimum atomic E-state index is -4.28.